The van der Waals surface area contributed by atoms with E-state index in [1.807, 2.05) is 53.2 Å². The topological polar surface area (TPSA) is 80.3 Å². The van der Waals surface area contributed by atoms with Gasteiger partial charge in [-0.15, -0.1) is 11.3 Å². The number of nitrogens with zero attached hydrogens (tertiary/aromatic N) is 6. The fourth-order valence-electron chi connectivity index (χ4n) is 3.77. The summed E-state index contributed by atoms with van der Waals surface area (Å²) in [4.78, 5) is 26.8. The third-order valence-electron chi connectivity index (χ3n) is 5.32. The molecule has 0 radical (unpaired) electrons. The number of furan rings is 1. The maximum Gasteiger partial charge on any atom is 0.254 e. The highest BCUT2D eigenvalue weighted by Crippen LogP contribution is 2.28. The van der Waals surface area contributed by atoms with Crippen LogP contribution in [0.3, 0.4) is 0 Å². The summed E-state index contributed by atoms with van der Waals surface area (Å²) in [5, 5.41) is 8.24. The van der Waals surface area contributed by atoms with Crippen molar-refractivity contribution in [2.75, 3.05) is 31.1 Å². The fraction of sp³-hybridized carbons (Fsp3) is 0.333. The Bertz CT molecular complexity index is 1160. The van der Waals surface area contributed by atoms with Crippen molar-refractivity contribution in [3.8, 4) is 11.5 Å². The van der Waals surface area contributed by atoms with Gasteiger partial charge in [0, 0.05) is 43.8 Å². The third-order valence-corrected chi connectivity index (χ3v) is 6.15. The summed E-state index contributed by atoms with van der Waals surface area (Å²) in [5.41, 5.74) is 1.95. The van der Waals surface area contributed by atoms with Crippen LogP contribution in [0.2, 0.25) is 0 Å². The molecule has 1 amide bonds. The van der Waals surface area contributed by atoms with Gasteiger partial charge >= 0.3 is 0 Å². The Hall–Kier alpha value is -3.20. The van der Waals surface area contributed by atoms with Gasteiger partial charge in [-0.2, -0.15) is 5.10 Å². The van der Waals surface area contributed by atoms with Crippen LogP contribution in [0, 0.1) is 0 Å². The number of carbonyl (C=O) groups excluding carboxylic acids is 1. The molecule has 1 fully saturated rings. The first-order chi connectivity index (χ1) is 14.6. The summed E-state index contributed by atoms with van der Waals surface area (Å²) in [6, 6.07) is 5.63. The Balaban J connectivity index is 1.49. The lowest BCUT2D eigenvalue weighted by atomic mass is 10.1. The third kappa shape index (κ3) is 3.24. The number of fused-ring (bicyclic) bond motifs is 1. The van der Waals surface area contributed by atoms with Crippen molar-refractivity contribution in [2.24, 2.45) is 0 Å². The van der Waals surface area contributed by atoms with Crippen molar-refractivity contribution in [2.45, 2.75) is 19.9 Å². The number of anilines is 1. The maximum atomic E-state index is 13.5. The molecule has 0 bridgehead atoms. The summed E-state index contributed by atoms with van der Waals surface area (Å²) in [5.74, 6) is 0.633. The van der Waals surface area contributed by atoms with Gasteiger partial charge < -0.3 is 14.2 Å². The standard InChI is InChI=1S/C21H22N6O2S/c1-14(2)27-19-16(13-23-27)15(12-17(24-19)18-4-3-10-29-18)20(28)25-6-8-26(9-7-25)21-22-5-11-30-21/h3-5,10-14H,6-9H2,1-2H3. The molecule has 5 heterocycles. The maximum absolute atomic E-state index is 13.5. The normalized spacial score (nSPS) is 14.8. The van der Waals surface area contributed by atoms with Gasteiger partial charge in [0.15, 0.2) is 16.5 Å². The molecule has 154 valence electrons. The molecule has 9 heteroatoms. The van der Waals surface area contributed by atoms with E-state index in [2.05, 4.69) is 15.0 Å². The Morgan fingerprint density at radius 2 is 2.07 bits per heavy atom. The highest BCUT2D eigenvalue weighted by molar-refractivity contribution is 7.13. The van der Waals surface area contributed by atoms with E-state index in [0.29, 0.717) is 35.8 Å². The van der Waals surface area contributed by atoms with Crippen molar-refractivity contribution in [1.29, 1.82) is 0 Å². The molecular weight excluding hydrogens is 400 g/mol. The molecule has 0 saturated carbocycles. The Kier molecular flexibility index (Phi) is 4.74. The average Bonchev–Trinajstić information content (AvgIpc) is 3.54. The smallest absolute Gasteiger partial charge is 0.254 e. The van der Waals surface area contributed by atoms with Crippen molar-refractivity contribution in [1.82, 2.24) is 24.6 Å². The quantitative estimate of drug-likeness (QED) is 0.499. The van der Waals surface area contributed by atoms with Crippen molar-refractivity contribution in [3.63, 3.8) is 0 Å². The molecule has 4 aromatic heterocycles. The summed E-state index contributed by atoms with van der Waals surface area (Å²) >= 11 is 1.62. The second-order valence-electron chi connectivity index (χ2n) is 7.55. The largest absolute Gasteiger partial charge is 0.463 e. The summed E-state index contributed by atoms with van der Waals surface area (Å²) in [7, 11) is 0. The van der Waals surface area contributed by atoms with Crippen LogP contribution in [0.1, 0.15) is 30.2 Å². The van der Waals surface area contributed by atoms with Crippen molar-refractivity contribution < 1.29 is 9.21 Å². The zero-order chi connectivity index (χ0) is 20.7. The van der Waals surface area contributed by atoms with Crippen LogP contribution < -0.4 is 4.90 Å². The lowest BCUT2D eigenvalue weighted by Gasteiger charge is -2.34. The minimum atomic E-state index is -0.00250. The van der Waals surface area contributed by atoms with E-state index in [9.17, 15) is 4.79 Å². The second-order valence-corrected chi connectivity index (χ2v) is 8.42. The second kappa shape index (κ2) is 7.56. The minimum absolute atomic E-state index is 0.00250. The number of hydrogen-bond donors (Lipinski definition) is 0. The van der Waals surface area contributed by atoms with Crippen LogP contribution in [0.25, 0.3) is 22.5 Å². The summed E-state index contributed by atoms with van der Waals surface area (Å²) in [6.45, 7) is 6.93. The molecule has 0 unspecified atom stereocenters. The Morgan fingerprint density at radius 1 is 1.23 bits per heavy atom. The first-order valence-corrected chi connectivity index (χ1v) is 10.9. The van der Waals surface area contributed by atoms with E-state index in [1.165, 1.54) is 0 Å². The zero-order valence-corrected chi connectivity index (χ0v) is 17.7. The van der Waals surface area contributed by atoms with Gasteiger partial charge in [-0.25, -0.2) is 14.6 Å². The molecular formula is C21H22N6O2S. The molecule has 5 rings (SSSR count). The number of amides is 1. The number of aromatic nitrogens is 4. The summed E-state index contributed by atoms with van der Waals surface area (Å²) in [6.07, 6.45) is 5.17. The minimum Gasteiger partial charge on any atom is -0.463 e. The van der Waals surface area contributed by atoms with E-state index in [0.717, 1.165) is 23.6 Å². The molecule has 0 spiro atoms. The molecule has 1 aliphatic heterocycles. The van der Waals surface area contributed by atoms with Crippen LogP contribution >= 0.6 is 11.3 Å². The van der Waals surface area contributed by atoms with Crippen LogP contribution in [0.15, 0.2) is 46.7 Å². The predicted octanol–water partition coefficient (Wildman–Crippen LogP) is 3.69. The van der Waals surface area contributed by atoms with E-state index < -0.39 is 0 Å². The van der Waals surface area contributed by atoms with Gasteiger partial charge in [0.05, 0.1) is 23.4 Å². The van der Waals surface area contributed by atoms with Gasteiger partial charge in [0.2, 0.25) is 0 Å². The van der Waals surface area contributed by atoms with Gasteiger partial charge in [-0.1, -0.05) is 0 Å². The molecule has 0 aromatic carbocycles. The highest BCUT2D eigenvalue weighted by atomic mass is 32.1. The summed E-state index contributed by atoms with van der Waals surface area (Å²) < 4.78 is 7.40. The molecule has 4 aromatic rings. The van der Waals surface area contributed by atoms with Crippen molar-refractivity contribution in [3.05, 3.63) is 47.8 Å². The van der Waals surface area contributed by atoms with E-state index in [-0.39, 0.29) is 11.9 Å². The Labute approximate surface area is 177 Å². The number of piperazine rings is 1. The van der Waals surface area contributed by atoms with Crippen LogP contribution in [0.5, 0.6) is 0 Å². The van der Waals surface area contributed by atoms with Crippen LogP contribution in [-0.4, -0.2) is 56.7 Å². The Morgan fingerprint density at radius 3 is 2.73 bits per heavy atom. The lowest BCUT2D eigenvalue weighted by Crippen LogP contribution is -2.48. The first kappa shape index (κ1) is 18.8. The van der Waals surface area contributed by atoms with Gasteiger partial charge in [0.25, 0.3) is 5.91 Å². The number of hydrogen-bond acceptors (Lipinski definition) is 7. The molecule has 0 aliphatic carbocycles. The molecule has 0 atom stereocenters. The number of pyridine rings is 1. The van der Waals surface area contributed by atoms with Gasteiger partial charge in [-0.05, 0) is 32.0 Å². The van der Waals surface area contributed by atoms with E-state index >= 15 is 0 Å². The molecule has 8 nitrogen and oxygen atoms in total. The molecule has 0 N–H and O–H groups in total. The molecule has 1 aliphatic rings. The number of thiazole rings is 1. The molecule has 1 saturated heterocycles. The number of rotatable bonds is 4. The molecule has 30 heavy (non-hydrogen) atoms. The van der Waals surface area contributed by atoms with Crippen molar-refractivity contribution >= 4 is 33.4 Å². The van der Waals surface area contributed by atoms with E-state index in [1.54, 1.807) is 23.8 Å². The fourth-order valence-corrected chi connectivity index (χ4v) is 4.46. The van der Waals surface area contributed by atoms with Gasteiger partial charge in [-0.3, -0.25) is 4.79 Å². The van der Waals surface area contributed by atoms with E-state index in [4.69, 9.17) is 9.40 Å². The average molecular weight is 423 g/mol. The highest BCUT2D eigenvalue weighted by Gasteiger charge is 2.26. The van der Waals surface area contributed by atoms with Crippen LogP contribution in [0.4, 0.5) is 5.13 Å². The first-order valence-electron chi connectivity index (χ1n) is 9.97. The SMILES string of the molecule is CC(C)n1ncc2c(C(=O)N3CCN(c4nccs4)CC3)cc(-c3ccco3)nc21. The zero-order valence-electron chi connectivity index (χ0n) is 16.9. The lowest BCUT2D eigenvalue weighted by molar-refractivity contribution is 0.0748. The predicted molar refractivity (Wildman–Crippen MR) is 116 cm³/mol. The number of carbonyl (C=O) groups is 1. The van der Waals surface area contributed by atoms with Crippen LogP contribution in [-0.2, 0) is 0 Å². The van der Waals surface area contributed by atoms with Gasteiger partial charge in [0.1, 0.15) is 5.69 Å². The monoisotopic (exact) mass is 422 g/mol.